The zero-order valence-corrected chi connectivity index (χ0v) is 19.2. The number of alkyl halides is 3. The van der Waals surface area contributed by atoms with Gasteiger partial charge in [0.25, 0.3) is 11.8 Å². The van der Waals surface area contributed by atoms with E-state index in [4.69, 9.17) is 15.0 Å². The first-order chi connectivity index (χ1) is 17.4. The number of aromatic nitrogens is 2. The van der Waals surface area contributed by atoms with Crippen LogP contribution in [0.5, 0.6) is 0 Å². The van der Waals surface area contributed by atoms with Gasteiger partial charge in [0.1, 0.15) is 5.82 Å². The van der Waals surface area contributed by atoms with Gasteiger partial charge in [-0.15, -0.1) is 0 Å². The summed E-state index contributed by atoms with van der Waals surface area (Å²) in [5.41, 5.74) is 3.41. The molecule has 0 saturated carbocycles. The van der Waals surface area contributed by atoms with E-state index >= 15 is 0 Å². The van der Waals surface area contributed by atoms with Crippen molar-refractivity contribution < 1.29 is 37.1 Å². The molecule has 0 bridgehead atoms. The first-order valence-electron chi connectivity index (χ1n) is 11.0. The molecule has 2 aromatic heterocycles. The number of nitrogens with one attached hydrogen (secondary N) is 1. The van der Waals surface area contributed by atoms with E-state index in [0.717, 1.165) is 19.1 Å². The van der Waals surface area contributed by atoms with Gasteiger partial charge in [0.2, 0.25) is 0 Å². The molecular weight excluding hydrogens is 495 g/mol. The molecule has 0 unspecified atom stereocenters. The first kappa shape index (κ1) is 24.5. The van der Waals surface area contributed by atoms with Gasteiger partial charge in [-0.25, -0.2) is 4.98 Å². The number of rotatable bonds is 4. The van der Waals surface area contributed by atoms with Crippen LogP contribution in [0.25, 0.3) is 21.9 Å². The topological polar surface area (TPSA) is 144 Å². The molecule has 5 rings (SSSR count). The summed E-state index contributed by atoms with van der Waals surface area (Å²) < 4.78 is 49.6. The van der Waals surface area contributed by atoms with Gasteiger partial charge in [-0.2, -0.15) is 13.2 Å². The maximum atomic E-state index is 13.3. The lowest BCUT2D eigenvalue weighted by Crippen LogP contribution is -2.61. The van der Waals surface area contributed by atoms with Crippen LogP contribution in [-0.4, -0.2) is 51.9 Å². The smallest absolute Gasteiger partial charge is 0.380 e. The van der Waals surface area contributed by atoms with E-state index in [2.05, 4.69) is 15.5 Å². The Morgan fingerprint density at radius 3 is 2.73 bits per heavy atom. The highest BCUT2D eigenvalue weighted by atomic mass is 19.4. The molecule has 4 N–H and O–H groups in total. The Bertz CT molecular complexity index is 1530. The van der Waals surface area contributed by atoms with Crippen LogP contribution in [0.15, 0.2) is 53.1 Å². The summed E-state index contributed by atoms with van der Waals surface area (Å²) >= 11 is 0. The standard InChI is InChI=1S/C24H20F3N5O5/c1-23(35,22(34)29-14-4-5-15-17(11-14)37-31-20(15)28)19-21(33)32(8-9-36-19)18-7-2-12-10-13(24(25,26)27)3-6-16(12)30-18/h2-7,10-11,19,35H,8-9H2,1H3,(H2,28,31)(H,29,34)/t19-,23+/m0/s1. The first-order valence-corrected chi connectivity index (χ1v) is 11.0. The number of hydrogen-bond acceptors (Lipinski definition) is 8. The van der Waals surface area contributed by atoms with Crippen LogP contribution in [0.1, 0.15) is 12.5 Å². The highest BCUT2D eigenvalue weighted by Gasteiger charge is 2.48. The maximum Gasteiger partial charge on any atom is 0.416 e. The summed E-state index contributed by atoms with van der Waals surface area (Å²) in [6.07, 6.45) is -6.07. The van der Waals surface area contributed by atoms with Gasteiger partial charge in [0.05, 0.1) is 29.6 Å². The molecule has 2 atom stereocenters. The molecule has 0 aliphatic carbocycles. The van der Waals surface area contributed by atoms with Crippen LogP contribution in [0.4, 0.5) is 30.5 Å². The second kappa shape index (κ2) is 8.71. The summed E-state index contributed by atoms with van der Waals surface area (Å²) in [6, 6.07) is 10.5. The van der Waals surface area contributed by atoms with Crippen LogP contribution in [0.2, 0.25) is 0 Å². The molecule has 1 aliphatic rings. The molecule has 4 aromatic rings. The minimum Gasteiger partial charge on any atom is -0.380 e. The van der Waals surface area contributed by atoms with E-state index in [1.165, 1.54) is 35.2 Å². The van der Waals surface area contributed by atoms with Crippen LogP contribution >= 0.6 is 0 Å². The molecule has 10 nitrogen and oxygen atoms in total. The number of anilines is 3. The number of amides is 2. The third-order valence-electron chi connectivity index (χ3n) is 6.10. The molecule has 192 valence electrons. The van der Waals surface area contributed by atoms with Crippen molar-refractivity contribution in [2.24, 2.45) is 0 Å². The monoisotopic (exact) mass is 515 g/mol. The molecular formula is C24H20F3N5O5. The Kier molecular flexibility index (Phi) is 5.76. The van der Waals surface area contributed by atoms with Gasteiger partial charge in [-0.3, -0.25) is 14.5 Å². The molecule has 0 spiro atoms. The molecule has 1 saturated heterocycles. The molecule has 1 aliphatic heterocycles. The van der Waals surface area contributed by atoms with E-state index < -0.39 is 35.3 Å². The highest BCUT2D eigenvalue weighted by Crippen LogP contribution is 2.32. The Morgan fingerprint density at radius 2 is 1.97 bits per heavy atom. The fourth-order valence-corrected chi connectivity index (χ4v) is 4.07. The Morgan fingerprint density at radius 1 is 1.19 bits per heavy atom. The number of pyridine rings is 1. The maximum absolute atomic E-state index is 13.3. The van der Waals surface area contributed by atoms with E-state index in [1.54, 1.807) is 6.07 Å². The zero-order chi connectivity index (χ0) is 26.5. The number of nitrogens with two attached hydrogens (primary N) is 1. The Labute approximate surface area is 206 Å². The number of benzene rings is 2. The minimum absolute atomic E-state index is 0.0180. The number of aliphatic hydroxyl groups is 1. The van der Waals surface area contributed by atoms with Crippen molar-refractivity contribution >= 4 is 51.0 Å². The zero-order valence-electron chi connectivity index (χ0n) is 19.2. The summed E-state index contributed by atoms with van der Waals surface area (Å²) in [7, 11) is 0. The predicted octanol–water partition coefficient (Wildman–Crippen LogP) is 3.10. The van der Waals surface area contributed by atoms with E-state index in [9.17, 15) is 27.9 Å². The van der Waals surface area contributed by atoms with Gasteiger partial charge >= 0.3 is 6.18 Å². The number of morpholine rings is 1. The van der Waals surface area contributed by atoms with Crippen molar-refractivity contribution in [1.82, 2.24) is 10.1 Å². The third kappa shape index (κ3) is 4.42. The van der Waals surface area contributed by atoms with Crippen LogP contribution in [-0.2, 0) is 20.5 Å². The number of hydrogen-bond donors (Lipinski definition) is 3. The number of nitrogen functional groups attached to an aromatic ring is 1. The summed E-state index contributed by atoms with van der Waals surface area (Å²) in [4.78, 5) is 31.7. The van der Waals surface area contributed by atoms with E-state index in [0.29, 0.717) is 11.0 Å². The van der Waals surface area contributed by atoms with Crippen LogP contribution in [0, 0.1) is 0 Å². The van der Waals surface area contributed by atoms with Crippen molar-refractivity contribution in [3.63, 3.8) is 0 Å². The van der Waals surface area contributed by atoms with Gasteiger partial charge in [-0.1, -0.05) is 5.16 Å². The SMILES string of the molecule is C[C@](O)(C(=O)Nc1ccc2c(N)noc2c1)[C@H]1OCCN(c2ccc3cc(C(F)(F)F)ccc3n2)C1=O. The van der Waals surface area contributed by atoms with Crippen molar-refractivity contribution in [2.45, 2.75) is 24.8 Å². The second-order valence-corrected chi connectivity index (χ2v) is 8.70. The lowest BCUT2D eigenvalue weighted by atomic mass is 9.95. The second-order valence-electron chi connectivity index (χ2n) is 8.70. The largest absolute Gasteiger partial charge is 0.416 e. The third-order valence-corrected chi connectivity index (χ3v) is 6.10. The van der Waals surface area contributed by atoms with Crippen molar-refractivity contribution in [1.29, 1.82) is 0 Å². The highest BCUT2D eigenvalue weighted by molar-refractivity contribution is 6.06. The number of halogens is 3. The van der Waals surface area contributed by atoms with Gasteiger partial charge in [0.15, 0.2) is 23.1 Å². The van der Waals surface area contributed by atoms with Gasteiger partial charge in [0, 0.05) is 17.1 Å². The number of carbonyl (C=O) groups is 2. The fourth-order valence-electron chi connectivity index (χ4n) is 4.07. The van der Waals surface area contributed by atoms with Gasteiger partial charge in [-0.05, 0) is 49.4 Å². The average Bonchev–Trinajstić information content (AvgIpc) is 3.22. The van der Waals surface area contributed by atoms with Crippen molar-refractivity contribution in [3.8, 4) is 0 Å². The summed E-state index contributed by atoms with van der Waals surface area (Å²) in [5, 5.41) is 18.0. The normalized spacial score (nSPS) is 18.2. The summed E-state index contributed by atoms with van der Waals surface area (Å²) in [5.74, 6) is -1.31. The molecule has 2 amide bonds. The quantitative estimate of drug-likeness (QED) is 0.376. The molecule has 37 heavy (non-hydrogen) atoms. The van der Waals surface area contributed by atoms with E-state index in [1.807, 2.05) is 0 Å². The Balaban J connectivity index is 1.36. The van der Waals surface area contributed by atoms with E-state index in [-0.39, 0.29) is 41.4 Å². The molecule has 1 fully saturated rings. The number of carbonyl (C=O) groups excluding carboxylic acids is 2. The summed E-state index contributed by atoms with van der Waals surface area (Å²) in [6.45, 7) is 1.19. The lowest BCUT2D eigenvalue weighted by Gasteiger charge is -2.38. The number of nitrogens with zero attached hydrogens (tertiary/aromatic N) is 3. The number of fused-ring (bicyclic) bond motifs is 2. The molecule has 0 radical (unpaired) electrons. The van der Waals surface area contributed by atoms with Crippen molar-refractivity contribution in [3.05, 3.63) is 54.1 Å². The van der Waals surface area contributed by atoms with Crippen LogP contribution < -0.4 is 16.0 Å². The number of ether oxygens (including phenoxy) is 1. The molecule has 13 heteroatoms. The molecule has 2 aromatic carbocycles. The fraction of sp³-hybridized carbons (Fsp3) is 0.250. The minimum atomic E-state index is -4.50. The lowest BCUT2D eigenvalue weighted by molar-refractivity contribution is -0.165. The van der Waals surface area contributed by atoms with Crippen LogP contribution in [0.3, 0.4) is 0 Å². The molecule has 3 heterocycles. The predicted molar refractivity (Wildman–Crippen MR) is 127 cm³/mol. The Hall–Kier alpha value is -4.23. The van der Waals surface area contributed by atoms with Crippen molar-refractivity contribution in [2.75, 3.05) is 29.1 Å². The van der Waals surface area contributed by atoms with Gasteiger partial charge < -0.3 is 25.4 Å². The average molecular weight is 515 g/mol.